The number of nitrogens with one attached hydrogen (secondary N) is 1. The Labute approximate surface area is 118 Å². The Bertz CT molecular complexity index is 798. The number of nitrogens with zero attached hydrogens (tertiary/aromatic N) is 2. The molecule has 3 aromatic rings. The molecule has 0 atom stereocenters. The van der Waals surface area contributed by atoms with Crippen LogP contribution >= 0.6 is 11.3 Å². The Morgan fingerprint density at radius 2 is 2.20 bits per heavy atom. The lowest BCUT2D eigenvalue weighted by molar-refractivity contribution is 0.210. The fourth-order valence-electron chi connectivity index (χ4n) is 2.00. The molecule has 0 bridgehead atoms. The van der Waals surface area contributed by atoms with Gasteiger partial charge in [0.2, 0.25) is 0 Å². The first-order chi connectivity index (χ1) is 9.63. The summed E-state index contributed by atoms with van der Waals surface area (Å²) in [6, 6.07) is 7.82. The summed E-state index contributed by atoms with van der Waals surface area (Å²) in [5.74, 6) is 0. The van der Waals surface area contributed by atoms with Crippen LogP contribution in [0.5, 0.6) is 0 Å². The molecule has 1 aromatic carbocycles. The first-order valence-corrected chi connectivity index (χ1v) is 6.76. The van der Waals surface area contributed by atoms with Gasteiger partial charge in [-0.3, -0.25) is 10.3 Å². The molecule has 100 valence electrons. The molecule has 0 aliphatic heterocycles. The zero-order valence-corrected chi connectivity index (χ0v) is 11.4. The molecule has 0 unspecified atom stereocenters. The minimum atomic E-state index is -1.10. The van der Waals surface area contributed by atoms with Gasteiger partial charge in [0.05, 0.1) is 10.2 Å². The summed E-state index contributed by atoms with van der Waals surface area (Å²) in [6.07, 6.45) is 2.49. The highest BCUT2D eigenvalue weighted by Crippen LogP contribution is 2.31. The molecule has 5 nitrogen and oxygen atoms in total. The lowest BCUT2D eigenvalue weighted by atomic mass is 10.0. The Hall–Kier alpha value is -2.47. The van der Waals surface area contributed by atoms with E-state index in [1.54, 1.807) is 6.20 Å². The van der Waals surface area contributed by atoms with Gasteiger partial charge in [-0.05, 0) is 36.2 Å². The highest BCUT2D eigenvalue weighted by molar-refractivity contribution is 7.22. The van der Waals surface area contributed by atoms with E-state index in [9.17, 15) is 4.79 Å². The van der Waals surface area contributed by atoms with Gasteiger partial charge in [0.15, 0.2) is 5.13 Å². The number of pyridine rings is 1. The molecule has 3 rings (SSSR count). The number of thiazole rings is 1. The van der Waals surface area contributed by atoms with E-state index in [1.807, 2.05) is 37.4 Å². The maximum atomic E-state index is 10.6. The summed E-state index contributed by atoms with van der Waals surface area (Å²) in [5, 5.41) is 11.4. The van der Waals surface area contributed by atoms with Crippen molar-refractivity contribution in [2.24, 2.45) is 0 Å². The lowest BCUT2D eigenvalue weighted by Crippen LogP contribution is -2.06. The molecule has 0 aliphatic rings. The van der Waals surface area contributed by atoms with Gasteiger partial charge in [0.1, 0.15) is 0 Å². The van der Waals surface area contributed by atoms with Crippen LogP contribution in [-0.4, -0.2) is 21.2 Å². The van der Waals surface area contributed by atoms with Crippen molar-refractivity contribution in [3.8, 4) is 11.1 Å². The SMILES string of the molecule is Cc1ccncc1-c1ccc2nc(NC(=O)O)sc2c1. The summed E-state index contributed by atoms with van der Waals surface area (Å²) in [6.45, 7) is 2.03. The molecular formula is C14H11N3O2S. The van der Waals surface area contributed by atoms with E-state index in [0.717, 1.165) is 26.9 Å². The molecule has 0 fully saturated rings. The van der Waals surface area contributed by atoms with Crippen molar-refractivity contribution in [1.29, 1.82) is 0 Å². The average Bonchev–Trinajstić information content (AvgIpc) is 2.79. The predicted molar refractivity (Wildman–Crippen MR) is 79.2 cm³/mol. The van der Waals surface area contributed by atoms with Gasteiger partial charge in [0.25, 0.3) is 0 Å². The Balaban J connectivity index is 2.07. The van der Waals surface area contributed by atoms with Gasteiger partial charge in [-0.2, -0.15) is 0 Å². The molecular weight excluding hydrogens is 274 g/mol. The van der Waals surface area contributed by atoms with Crippen LogP contribution in [0.4, 0.5) is 9.93 Å². The van der Waals surface area contributed by atoms with Crippen LogP contribution < -0.4 is 5.32 Å². The number of rotatable bonds is 2. The maximum absolute atomic E-state index is 10.6. The third-order valence-electron chi connectivity index (χ3n) is 2.95. The first-order valence-electron chi connectivity index (χ1n) is 5.95. The molecule has 0 aliphatic carbocycles. The van der Waals surface area contributed by atoms with E-state index < -0.39 is 6.09 Å². The van der Waals surface area contributed by atoms with Gasteiger partial charge in [-0.1, -0.05) is 17.4 Å². The van der Waals surface area contributed by atoms with Crippen molar-refractivity contribution >= 4 is 32.8 Å². The van der Waals surface area contributed by atoms with Crippen LogP contribution in [0.2, 0.25) is 0 Å². The standard InChI is InChI=1S/C14H11N3O2S/c1-8-4-5-15-7-10(8)9-2-3-11-12(6-9)20-13(16-11)17-14(18)19/h2-7H,1H3,(H,16,17)(H,18,19). The number of carbonyl (C=O) groups is 1. The Kier molecular flexibility index (Phi) is 3.08. The fourth-order valence-corrected chi connectivity index (χ4v) is 2.90. The third-order valence-corrected chi connectivity index (χ3v) is 3.89. The fraction of sp³-hybridized carbons (Fsp3) is 0.0714. The third kappa shape index (κ3) is 2.33. The number of amides is 1. The molecule has 1 amide bonds. The molecule has 0 radical (unpaired) electrons. The van der Waals surface area contributed by atoms with Crippen molar-refractivity contribution in [3.05, 3.63) is 42.2 Å². The average molecular weight is 285 g/mol. The number of hydrogen-bond acceptors (Lipinski definition) is 4. The predicted octanol–water partition coefficient (Wildman–Crippen LogP) is 3.76. The second-order valence-electron chi connectivity index (χ2n) is 4.32. The van der Waals surface area contributed by atoms with Crippen molar-refractivity contribution < 1.29 is 9.90 Å². The van der Waals surface area contributed by atoms with Crippen LogP contribution in [0, 0.1) is 6.92 Å². The van der Waals surface area contributed by atoms with E-state index in [0.29, 0.717) is 5.13 Å². The Morgan fingerprint density at radius 1 is 1.35 bits per heavy atom. The zero-order valence-electron chi connectivity index (χ0n) is 10.6. The summed E-state index contributed by atoms with van der Waals surface area (Å²) < 4.78 is 0.939. The summed E-state index contributed by atoms with van der Waals surface area (Å²) >= 11 is 1.32. The normalized spacial score (nSPS) is 10.7. The van der Waals surface area contributed by atoms with Crippen LogP contribution in [0.3, 0.4) is 0 Å². The smallest absolute Gasteiger partial charge is 0.410 e. The first kappa shape index (κ1) is 12.6. The highest BCUT2D eigenvalue weighted by atomic mass is 32.1. The highest BCUT2D eigenvalue weighted by Gasteiger charge is 2.08. The Morgan fingerprint density at radius 3 is 2.95 bits per heavy atom. The summed E-state index contributed by atoms with van der Waals surface area (Å²) in [5.41, 5.74) is 4.04. The van der Waals surface area contributed by atoms with E-state index >= 15 is 0 Å². The van der Waals surface area contributed by atoms with Crippen LogP contribution in [-0.2, 0) is 0 Å². The second kappa shape index (κ2) is 4.90. The van der Waals surface area contributed by atoms with Gasteiger partial charge in [0, 0.05) is 18.0 Å². The van der Waals surface area contributed by atoms with E-state index in [2.05, 4.69) is 15.3 Å². The zero-order chi connectivity index (χ0) is 14.1. The number of aryl methyl sites for hydroxylation is 1. The van der Waals surface area contributed by atoms with E-state index in [-0.39, 0.29) is 0 Å². The van der Waals surface area contributed by atoms with Crippen LogP contribution in [0.15, 0.2) is 36.7 Å². The molecule has 2 heterocycles. The van der Waals surface area contributed by atoms with Crippen LogP contribution in [0.25, 0.3) is 21.3 Å². The van der Waals surface area contributed by atoms with Crippen molar-refractivity contribution in [2.75, 3.05) is 5.32 Å². The van der Waals surface area contributed by atoms with Gasteiger partial charge in [-0.15, -0.1) is 0 Å². The molecule has 2 aromatic heterocycles. The monoisotopic (exact) mass is 285 g/mol. The minimum Gasteiger partial charge on any atom is -0.465 e. The number of aromatic nitrogens is 2. The van der Waals surface area contributed by atoms with Gasteiger partial charge >= 0.3 is 6.09 Å². The number of hydrogen-bond donors (Lipinski definition) is 2. The largest absolute Gasteiger partial charge is 0.465 e. The van der Waals surface area contributed by atoms with Crippen molar-refractivity contribution in [1.82, 2.24) is 9.97 Å². The van der Waals surface area contributed by atoms with Crippen LogP contribution in [0.1, 0.15) is 5.56 Å². The molecule has 2 N–H and O–H groups in total. The quantitative estimate of drug-likeness (QED) is 0.751. The number of fused-ring (bicyclic) bond motifs is 1. The summed E-state index contributed by atoms with van der Waals surface area (Å²) in [4.78, 5) is 19.0. The van der Waals surface area contributed by atoms with Crippen molar-refractivity contribution in [2.45, 2.75) is 6.92 Å². The van der Waals surface area contributed by atoms with Gasteiger partial charge in [-0.25, -0.2) is 9.78 Å². The lowest BCUT2D eigenvalue weighted by Gasteiger charge is -2.04. The number of benzene rings is 1. The topological polar surface area (TPSA) is 75.1 Å². The second-order valence-corrected chi connectivity index (χ2v) is 5.35. The molecule has 0 spiro atoms. The maximum Gasteiger partial charge on any atom is 0.410 e. The van der Waals surface area contributed by atoms with E-state index in [4.69, 9.17) is 5.11 Å². The minimum absolute atomic E-state index is 0.382. The van der Waals surface area contributed by atoms with Gasteiger partial charge < -0.3 is 5.11 Å². The summed E-state index contributed by atoms with van der Waals surface area (Å²) in [7, 11) is 0. The molecule has 0 saturated heterocycles. The number of carboxylic acid groups (broad SMARTS) is 1. The molecule has 20 heavy (non-hydrogen) atoms. The molecule has 6 heteroatoms. The molecule has 0 saturated carbocycles. The number of anilines is 1. The van der Waals surface area contributed by atoms with E-state index in [1.165, 1.54) is 11.3 Å². The van der Waals surface area contributed by atoms with Crippen molar-refractivity contribution in [3.63, 3.8) is 0 Å².